The quantitative estimate of drug-likeness (QED) is 0.770. The topological polar surface area (TPSA) is 9.23 Å². The van der Waals surface area contributed by atoms with Crippen LogP contribution in [0.5, 0.6) is 5.75 Å². The summed E-state index contributed by atoms with van der Waals surface area (Å²) in [6.07, 6.45) is 1.53. The third-order valence-electron chi connectivity index (χ3n) is 3.17. The van der Waals surface area contributed by atoms with Crippen molar-refractivity contribution in [3.05, 3.63) is 65.7 Å². The molecule has 1 unspecified atom stereocenters. The smallest absolute Gasteiger partial charge is 0.119 e. The van der Waals surface area contributed by atoms with Gasteiger partial charge in [-0.25, -0.2) is 0 Å². The predicted octanol–water partition coefficient (Wildman–Crippen LogP) is 3.97. The minimum Gasteiger partial charge on any atom is -0.490 e. The van der Waals surface area contributed by atoms with E-state index in [0.717, 1.165) is 29.1 Å². The Morgan fingerprint density at radius 2 is 1.60 bits per heavy atom. The molecule has 1 saturated heterocycles. The first-order valence-electron chi connectivity index (χ1n) is 6.82. The fraction of sp³-hybridized carbons (Fsp3) is 0.222. The molecule has 0 N–H and O–H groups in total. The molecule has 0 bridgehead atoms. The zero-order valence-electron chi connectivity index (χ0n) is 11.2. The van der Waals surface area contributed by atoms with Gasteiger partial charge in [-0.15, -0.1) is 0 Å². The van der Waals surface area contributed by atoms with Crippen molar-refractivity contribution in [3.8, 4) is 17.6 Å². The van der Waals surface area contributed by atoms with E-state index in [1.807, 2.05) is 66.4 Å². The Morgan fingerprint density at radius 3 is 2.25 bits per heavy atom. The van der Waals surface area contributed by atoms with Crippen LogP contribution in [0.3, 0.4) is 0 Å². The lowest BCUT2D eigenvalue weighted by Crippen LogP contribution is -2.14. The van der Waals surface area contributed by atoms with E-state index >= 15 is 0 Å². The van der Waals surface area contributed by atoms with Gasteiger partial charge < -0.3 is 4.74 Å². The van der Waals surface area contributed by atoms with Gasteiger partial charge in [0.15, 0.2) is 0 Å². The molecule has 0 aromatic heterocycles. The Balaban J connectivity index is 1.65. The van der Waals surface area contributed by atoms with Crippen LogP contribution < -0.4 is 4.74 Å². The monoisotopic (exact) mass is 280 g/mol. The summed E-state index contributed by atoms with van der Waals surface area (Å²) >= 11 is 1.96. The van der Waals surface area contributed by atoms with Gasteiger partial charge in [0.2, 0.25) is 0 Å². The van der Waals surface area contributed by atoms with Crippen LogP contribution in [0.15, 0.2) is 54.6 Å². The van der Waals surface area contributed by atoms with Crippen LogP contribution in [0.1, 0.15) is 17.5 Å². The summed E-state index contributed by atoms with van der Waals surface area (Å²) in [5, 5.41) is 0. The van der Waals surface area contributed by atoms with Crippen LogP contribution >= 0.6 is 11.8 Å². The van der Waals surface area contributed by atoms with Crippen LogP contribution in [0, 0.1) is 11.8 Å². The average Bonchev–Trinajstić information content (AvgIpc) is 3.01. The zero-order chi connectivity index (χ0) is 13.6. The Morgan fingerprint density at radius 1 is 0.900 bits per heavy atom. The molecular weight excluding hydrogens is 264 g/mol. The predicted molar refractivity (Wildman–Crippen MR) is 85.2 cm³/mol. The standard InChI is InChI=1S/C18H16OS/c1-2-4-15(5-3-1)6-7-16-8-10-17(11-9-16)19-18-12-13-20-14-18/h1-5,8-11,18H,12-14H2. The third kappa shape index (κ3) is 3.59. The molecule has 0 saturated carbocycles. The number of hydrogen-bond donors (Lipinski definition) is 0. The molecule has 0 aliphatic carbocycles. The van der Waals surface area contributed by atoms with Gasteiger partial charge in [0.1, 0.15) is 11.9 Å². The molecule has 100 valence electrons. The van der Waals surface area contributed by atoms with Crippen LogP contribution in [-0.4, -0.2) is 17.6 Å². The lowest BCUT2D eigenvalue weighted by atomic mass is 10.2. The summed E-state index contributed by atoms with van der Waals surface area (Å²) in [5.74, 6) is 9.60. The number of hydrogen-bond acceptors (Lipinski definition) is 2. The Kier molecular flexibility index (Phi) is 4.30. The fourth-order valence-corrected chi connectivity index (χ4v) is 3.17. The molecule has 1 fully saturated rings. The van der Waals surface area contributed by atoms with E-state index in [0.29, 0.717) is 6.10 Å². The number of ether oxygens (including phenoxy) is 1. The maximum absolute atomic E-state index is 5.92. The molecule has 20 heavy (non-hydrogen) atoms. The van der Waals surface area contributed by atoms with Crippen molar-refractivity contribution in [2.24, 2.45) is 0 Å². The van der Waals surface area contributed by atoms with Crippen LogP contribution in [0.4, 0.5) is 0 Å². The number of benzene rings is 2. The largest absolute Gasteiger partial charge is 0.490 e. The molecule has 1 aliphatic heterocycles. The van der Waals surface area contributed by atoms with Crippen LogP contribution in [0.25, 0.3) is 0 Å². The highest BCUT2D eigenvalue weighted by molar-refractivity contribution is 7.99. The third-order valence-corrected chi connectivity index (χ3v) is 4.30. The Hall–Kier alpha value is -1.85. The lowest BCUT2D eigenvalue weighted by Gasteiger charge is -2.11. The second-order valence-electron chi connectivity index (χ2n) is 4.74. The number of rotatable bonds is 2. The first-order chi connectivity index (χ1) is 9.90. The molecule has 1 heterocycles. The summed E-state index contributed by atoms with van der Waals surface area (Å²) in [7, 11) is 0. The van der Waals surface area contributed by atoms with Gasteiger partial charge in [-0.3, -0.25) is 0 Å². The molecule has 0 spiro atoms. The van der Waals surface area contributed by atoms with Crippen molar-refractivity contribution in [2.75, 3.05) is 11.5 Å². The zero-order valence-corrected chi connectivity index (χ0v) is 12.0. The van der Waals surface area contributed by atoms with Gasteiger partial charge in [0, 0.05) is 16.9 Å². The van der Waals surface area contributed by atoms with Gasteiger partial charge in [-0.05, 0) is 48.6 Å². The van der Waals surface area contributed by atoms with E-state index in [-0.39, 0.29) is 0 Å². The summed E-state index contributed by atoms with van der Waals surface area (Å²) < 4.78 is 5.92. The molecule has 0 amide bonds. The van der Waals surface area contributed by atoms with Crippen molar-refractivity contribution in [3.63, 3.8) is 0 Å². The average molecular weight is 280 g/mol. The molecule has 1 atom stereocenters. The van der Waals surface area contributed by atoms with Crippen LogP contribution in [-0.2, 0) is 0 Å². The molecule has 2 aromatic carbocycles. The van der Waals surface area contributed by atoms with Gasteiger partial charge in [0.25, 0.3) is 0 Å². The van der Waals surface area contributed by atoms with Gasteiger partial charge in [0.05, 0.1) is 0 Å². The van der Waals surface area contributed by atoms with E-state index in [2.05, 4.69) is 11.8 Å². The van der Waals surface area contributed by atoms with E-state index in [1.165, 1.54) is 5.75 Å². The Labute approximate surface area is 124 Å². The molecule has 2 aromatic rings. The molecule has 0 radical (unpaired) electrons. The molecule has 3 rings (SSSR count). The minimum atomic E-state index is 0.376. The maximum atomic E-state index is 5.92. The second-order valence-corrected chi connectivity index (χ2v) is 5.89. The SMILES string of the molecule is C(#Cc1ccc(OC2CCSC2)cc1)c1ccccc1. The van der Waals surface area contributed by atoms with Crippen molar-refractivity contribution in [1.29, 1.82) is 0 Å². The van der Waals surface area contributed by atoms with Crippen LogP contribution in [0.2, 0.25) is 0 Å². The summed E-state index contributed by atoms with van der Waals surface area (Å²) in [6, 6.07) is 18.1. The lowest BCUT2D eigenvalue weighted by molar-refractivity contribution is 0.229. The minimum absolute atomic E-state index is 0.376. The van der Waals surface area contributed by atoms with Gasteiger partial charge in [-0.1, -0.05) is 30.0 Å². The summed E-state index contributed by atoms with van der Waals surface area (Å²) in [6.45, 7) is 0. The van der Waals surface area contributed by atoms with E-state index in [1.54, 1.807) is 0 Å². The maximum Gasteiger partial charge on any atom is 0.119 e. The molecular formula is C18H16OS. The second kappa shape index (κ2) is 6.54. The van der Waals surface area contributed by atoms with Crippen molar-refractivity contribution in [2.45, 2.75) is 12.5 Å². The van der Waals surface area contributed by atoms with Crippen molar-refractivity contribution < 1.29 is 4.74 Å². The van der Waals surface area contributed by atoms with Crippen molar-refractivity contribution >= 4 is 11.8 Å². The summed E-state index contributed by atoms with van der Waals surface area (Å²) in [4.78, 5) is 0. The highest BCUT2D eigenvalue weighted by Gasteiger charge is 2.16. The fourth-order valence-electron chi connectivity index (χ4n) is 2.08. The van der Waals surface area contributed by atoms with Gasteiger partial charge in [-0.2, -0.15) is 11.8 Å². The highest BCUT2D eigenvalue weighted by Crippen LogP contribution is 2.23. The molecule has 2 heteroatoms. The normalized spacial score (nSPS) is 17.3. The van der Waals surface area contributed by atoms with E-state index in [4.69, 9.17) is 4.74 Å². The summed E-state index contributed by atoms with van der Waals surface area (Å²) in [5.41, 5.74) is 2.05. The van der Waals surface area contributed by atoms with E-state index < -0.39 is 0 Å². The number of thioether (sulfide) groups is 1. The van der Waals surface area contributed by atoms with Gasteiger partial charge >= 0.3 is 0 Å². The first-order valence-corrected chi connectivity index (χ1v) is 7.97. The van der Waals surface area contributed by atoms with Crippen molar-refractivity contribution in [1.82, 2.24) is 0 Å². The molecule has 1 aliphatic rings. The Bertz CT molecular complexity index is 601. The van der Waals surface area contributed by atoms with E-state index in [9.17, 15) is 0 Å². The highest BCUT2D eigenvalue weighted by atomic mass is 32.2. The molecule has 1 nitrogen and oxygen atoms in total. The first kappa shape index (κ1) is 13.1.